The van der Waals surface area contributed by atoms with Gasteiger partial charge in [-0.3, -0.25) is 5.10 Å². The average molecular weight is 385 g/mol. The molecule has 0 fully saturated rings. The molecule has 0 amide bonds. The Balaban J connectivity index is 1.80. The summed E-state index contributed by atoms with van der Waals surface area (Å²) in [5.41, 5.74) is 6.61. The normalized spacial score (nSPS) is 10.6. The molecule has 27 heavy (non-hydrogen) atoms. The van der Waals surface area contributed by atoms with Gasteiger partial charge in [0.25, 0.3) is 0 Å². The highest BCUT2D eigenvalue weighted by Gasteiger charge is 2.12. The summed E-state index contributed by atoms with van der Waals surface area (Å²) in [6, 6.07) is 14.1. The molecule has 1 heterocycles. The van der Waals surface area contributed by atoms with Crippen molar-refractivity contribution in [1.82, 2.24) is 14.9 Å². The van der Waals surface area contributed by atoms with Gasteiger partial charge in [-0.1, -0.05) is 48.9 Å². The molecule has 6 nitrogen and oxygen atoms in total. The van der Waals surface area contributed by atoms with Gasteiger partial charge in [0, 0.05) is 12.0 Å². The summed E-state index contributed by atoms with van der Waals surface area (Å²) in [7, 11) is 1.65. The van der Waals surface area contributed by atoms with Crippen LogP contribution in [-0.2, 0) is 19.6 Å². The molecule has 0 aliphatic rings. The fourth-order valence-electron chi connectivity index (χ4n) is 2.88. The molecule has 142 valence electrons. The minimum absolute atomic E-state index is 0.473. The molecule has 0 bridgehead atoms. The Morgan fingerprint density at radius 2 is 2.04 bits per heavy atom. The monoisotopic (exact) mass is 384 g/mol. The van der Waals surface area contributed by atoms with E-state index in [0.29, 0.717) is 23.7 Å². The third kappa shape index (κ3) is 4.49. The van der Waals surface area contributed by atoms with Crippen molar-refractivity contribution >= 4 is 12.2 Å². The van der Waals surface area contributed by atoms with E-state index < -0.39 is 0 Å². The van der Waals surface area contributed by atoms with Gasteiger partial charge in [0.15, 0.2) is 17.3 Å². The lowest BCUT2D eigenvalue weighted by atomic mass is 10.1. The van der Waals surface area contributed by atoms with E-state index in [1.807, 2.05) is 31.2 Å². The van der Waals surface area contributed by atoms with E-state index in [2.05, 4.69) is 40.7 Å². The van der Waals surface area contributed by atoms with Crippen molar-refractivity contribution < 1.29 is 9.47 Å². The van der Waals surface area contributed by atoms with Gasteiger partial charge < -0.3 is 14.9 Å². The number of aryl methyl sites for hydroxylation is 2. The molecule has 2 N–H and O–H groups in total. The van der Waals surface area contributed by atoms with Crippen molar-refractivity contribution in [2.75, 3.05) is 12.5 Å². The first kappa shape index (κ1) is 19.0. The fraction of sp³-hybridized carbons (Fsp3) is 0.300. The molecular formula is C20H24N4O2S. The maximum absolute atomic E-state index is 6.13. The molecule has 2 aromatic carbocycles. The minimum Gasteiger partial charge on any atom is -0.493 e. The highest BCUT2D eigenvalue weighted by molar-refractivity contribution is 7.71. The second-order valence-electron chi connectivity index (χ2n) is 6.20. The van der Waals surface area contributed by atoms with Crippen LogP contribution in [0.25, 0.3) is 0 Å². The maximum atomic E-state index is 6.13. The number of ether oxygens (including phenoxy) is 2. The maximum Gasteiger partial charge on any atom is 0.214 e. The molecule has 0 saturated carbocycles. The highest BCUT2D eigenvalue weighted by Crippen LogP contribution is 2.32. The topological polar surface area (TPSA) is 64.1 Å². The van der Waals surface area contributed by atoms with Crippen molar-refractivity contribution in [2.45, 2.75) is 33.4 Å². The average Bonchev–Trinajstić information content (AvgIpc) is 3.04. The molecule has 0 spiro atoms. The van der Waals surface area contributed by atoms with Gasteiger partial charge in [-0.05, 0) is 30.8 Å². The number of para-hydroxylation sites is 1. The second-order valence-corrected chi connectivity index (χ2v) is 6.58. The van der Waals surface area contributed by atoms with Crippen LogP contribution in [0.15, 0.2) is 42.5 Å². The number of methoxy groups -OCH3 is 1. The molecular weight excluding hydrogens is 360 g/mol. The van der Waals surface area contributed by atoms with E-state index in [1.54, 1.807) is 11.8 Å². The lowest BCUT2D eigenvalue weighted by Gasteiger charge is -2.17. The summed E-state index contributed by atoms with van der Waals surface area (Å²) in [5, 5.41) is 7.03. The molecule has 1 aromatic heterocycles. The molecule has 0 atom stereocenters. The van der Waals surface area contributed by atoms with Crippen LogP contribution in [0.5, 0.6) is 11.5 Å². The largest absolute Gasteiger partial charge is 0.493 e. The van der Waals surface area contributed by atoms with E-state index in [0.717, 1.165) is 29.1 Å². The first-order valence-electron chi connectivity index (χ1n) is 8.86. The summed E-state index contributed by atoms with van der Waals surface area (Å²) in [5.74, 6) is 2.28. The quantitative estimate of drug-likeness (QED) is 0.572. The van der Waals surface area contributed by atoms with Crippen LogP contribution in [0.1, 0.15) is 29.4 Å². The number of nitrogens with one attached hydrogen (secondary N) is 2. The van der Waals surface area contributed by atoms with Crippen molar-refractivity contribution in [1.29, 1.82) is 0 Å². The molecule has 0 unspecified atom stereocenters. The first-order chi connectivity index (χ1) is 13.1. The zero-order chi connectivity index (χ0) is 19.2. The number of hydrogen-bond donors (Lipinski definition) is 2. The number of H-pyrrole nitrogens is 1. The molecule has 0 aliphatic heterocycles. The van der Waals surface area contributed by atoms with Gasteiger partial charge in [0.05, 0.1) is 13.7 Å². The predicted octanol–water partition coefficient (Wildman–Crippen LogP) is 4.14. The van der Waals surface area contributed by atoms with Crippen LogP contribution in [0.4, 0.5) is 0 Å². The molecule has 0 radical (unpaired) electrons. The molecule has 0 aliphatic carbocycles. The van der Waals surface area contributed by atoms with Gasteiger partial charge in [0.2, 0.25) is 4.77 Å². The fourth-order valence-corrected chi connectivity index (χ4v) is 3.09. The Bertz CT molecular complexity index is 965. The lowest BCUT2D eigenvalue weighted by Crippen LogP contribution is -2.18. The van der Waals surface area contributed by atoms with Crippen molar-refractivity contribution in [3.8, 4) is 11.5 Å². The van der Waals surface area contributed by atoms with Crippen LogP contribution in [-0.4, -0.2) is 22.0 Å². The van der Waals surface area contributed by atoms with Crippen LogP contribution in [0.3, 0.4) is 0 Å². The Hall–Kier alpha value is -2.80. The summed E-state index contributed by atoms with van der Waals surface area (Å²) in [6.07, 6.45) is 0.773. The zero-order valence-corrected chi connectivity index (χ0v) is 16.6. The van der Waals surface area contributed by atoms with Crippen LogP contribution in [0.2, 0.25) is 0 Å². The number of rotatable bonds is 8. The van der Waals surface area contributed by atoms with E-state index >= 15 is 0 Å². The SMILES string of the molecule is CCc1n[nH]c(=S)n1NCc1cccc(OC)c1OCc1cccc(C)c1. The molecule has 7 heteroatoms. The van der Waals surface area contributed by atoms with Crippen LogP contribution >= 0.6 is 12.2 Å². The number of aromatic nitrogens is 3. The summed E-state index contributed by atoms with van der Waals surface area (Å²) >= 11 is 5.29. The van der Waals surface area contributed by atoms with E-state index in [-0.39, 0.29) is 0 Å². The Morgan fingerprint density at radius 3 is 2.78 bits per heavy atom. The Labute approximate surface area is 164 Å². The van der Waals surface area contributed by atoms with Crippen molar-refractivity contribution in [3.63, 3.8) is 0 Å². The number of hydrogen-bond acceptors (Lipinski definition) is 5. The van der Waals surface area contributed by atoms with E-state index in [9.17, 15) is 0 Å². The highest BCUT2D eigenvalue weighted by atomic mass is 32.1. The van der Waals surface area contributed by atoms with Crippen molar-refractivity contribution in [3.05, 3.63) is 69.8 Å². The van der Waals surface area contributed by atoms with Gasteiger partial charge >= 0.3 is 0 Å². The molecule has 3 rings (SSSR count). The van der Waals surface area contributed by atoms with E-state index in [1.165, 1.54) is 5.56 Å². The van der Waals surface area contributed by atoms with Gasteiger partial charge in [-0.25, -0.2) is 4.68 Å². The molecule has 0 saturated heterocycles. The zero-order valence-electron chi connectivity index (χ0n) is 15.8. The van der Waals surface area contributed by atoms with Gasteiger partial charge in [-0.15, -0.1) is 0 Å². The first-order valence-corrected chi connectivity index (χ1v) is 9.27. The van der Waals surface area contributed by atoms with Crippen LogP contribution < -0.4 is 14.9 Å². The summed E-state index contributed by atoms with van der Waals surface area (Å²) in [4.78, 5) is 0. The molecule has 3 aromatic rings. The minimum atomic E-state index is 0.473. The number of benzene rings is 2. The van der Waals surface area contributed by atoms with Crippen molar-refractivity contribution in [2.24, 2.45) is 0 Å². The third-order valence-corrected chi connectivity index (χ3v) is 4.51. The van der Waals surface area contributed by atoms with E-state index in [4.69, 9.17) is 21.7 Å². The second kappa shape index (κ2) is 8.73. The Morgan fingerprint density at radius 1 is 1.22 bits per heavy atom. The van der Waals surface area contributed by atoms with Gasteiger partial charge in [-0.2, -0.15) is 5.10 Å². The smallest absolute Gasteiger partial charge is 0.214 e. The lowest BCUT2D eigenvalue weighted by molar-refractivity contribution is 0.281. The summed E-state index contributed by atoms with van der Waals surface area (Å²) in [6.45, 7) is 5.11. The standard InChI is InChI=1S/C20H24N4O2S/c1-4-18-22-23-20(27)24(18)21-12-16-9-6-10-17(25-3)19(16)26-13-15-8-5-7-14(2)11-15/h5-11,21H,4,12-13H2,1-3H3,(H,23,27). The Kier molecular flexibility index (Phi) is 6.13. The van der Waals surface area contributed by atoms with Crippen LogP contribution in [0, 0.1) is 11.7 Å². The summed E-state index contributed by atoms with van der Waals surface area (Å²) < 4.78 is 14.0. The predicted molar refractivity (Wildman–Crippen MR) is 108 cm³/mol. The third-order valence-electron chi connectivity index (χ3n) is 4.23. The number of aromatic amines is 1. The number of nitrogens with zero attached hydrogens (tertiary/aromatic N) is 2. The van der Waals surface area contributed by atoms with Gasteiger partial charge in [0.1, 0.15) is 6.61 Å².